The Morgan fingerprint density at radius 3 is 2.63 bits per heavy atom. The molecule has 1 unspecified atom stereocenters. The predicted molar refractivity (Wildman–Crippen MR) is 67.9 cm³/mol. The van der Waals surface area contributed by atoms with E-state index in [4.69, 9.17) is 0 Å². The second kappa shape index (κ2) is 5.05. The van der Waals surface area contributed by atoms with E-state index in [-0.39, 0.29) is 17.5 Å². The zero-order valence-corrected chi connectivity index (χ0v) is 11.2. The Kier molecular flexibility index (Phi) is 3.61. The van der Waals surface area contributed by atoms with E-state index in [1.165, 1.54) is 10.7 Å². The van der Waals surface area contributed by atoms with E-state index in [0.29, 0.717) is 5.82 Å². The molecule has 19 heavy (non-hydrogen) atoms. The number of rotatable bonds is 3. The molecule has 6 heteroatoms. The summed E-state index contributed by atoms with van der Waals surface area (Å²) in [4.78, 5) is 0. The average Bonchev–Trinajstić information content (AvgIpc) is 2.77. The van der Waals surface area contributed by atoms with Crippen LogP contribution in [0.2, 0.25) is 0 Å². The summed E-state index contributed by atoms with van der Waals surface area (Å²) < 4.78 is 15.1. The van der Waals surface area contributed by atoms with Crippen LogP contribution in [0.15, 0.2) is 24.3 Å². The Bertz CT molecular complexity index is 562. The van der Waals surface area contributed by atoms with Crippen molar-refractivity contribution in [1.82, 2.24) is 20.2 Å². The maximum Gasteiger partial charge on any atom is 0.156 e. The fourth-order valence-corrected chi connectivity index (χ4v) is 1.87. The molecule has 2 rings (SSSR count). The number of aliphatic hydroxyl groups excluding tert-OH is 1. The van der Waals surface area contributed by atoms with Gasteiger partial charge in [0.2, 0.25) is 0 Å². The molecule has 0 aliphatic rings. The lowest BCUT2D eigenvalue weighted by atomic mass is 9.95. The van der Waals surface area contributed by atoms with Gasteiger partial charge in [-0.2, -0.15) is 0 Å². The van der Waals surface area contributed by atoms with Crippen LogP contribution in [-0.2, 0) is 12.0 Å². The van der Waals surface area contributed by atoms with Crippen molar-refractivity contribution in [2.75, 3.05) is 0 Å². The highest BCUT2D eigenvalue weighted by molar-refractivity contribution is 5.19. The first-order chi connectivity index (χ1) is 8.89. The monoisotopic (exact) mass is 264 g/mol. The lowest BCUT2D eigenvalue weighted by Gasteiger charge is -2.19. The van der Waals surface area contributed by atoms with E-state index < -0.39 is 11.9 Å². The Balaban J connectivity index is 2.23. The minimum atomic E-state index is -0.981. The van der Waals surface area contributed by atoms with Gasteiger partial charge in [-0.3, -0.25) is 0 Å². The maximum absolute atomic E-state index is 13.6. The van der Waals surface area contributed by atoms with E-state index in [1.54, 1.807) is 18.2 Å². The third kappa shape index (κ3) is 2.96. The topological polar surface area (TPSA) is 63.8 Å². The number of benzene rings is 1. The van der Waals surface area contributed by atoms with Crippen LogP contribution in [-0.4, -0.2) is 25.3 Å². The van der Waals surface area contributed by atoms with Crippen molar-refractivity contribution in [3.05, 3.63) is 41.5 Å². The van der Waals surface area contributed by atoms with Gasteiger partial charge in [-0.05, 0) is 16.5 Å². The number of aromatic nitrogens is 4. The van der Waals surface area contributed by atoms with Gasteiger partial charge in [0.25, 0.3) is 0 Å². The van der Waals surface area contributed by atoms with Crippen LogP contribution in [0.1, 0.15) is 38.3 Å². The summed E-state index contributed by atoms with van der Waals surface area (Å²) in [6.45, 7) is 6.06. The molecule has 2 aromatic rings. The molecule has 0 fully saturated rings. The fourth-order valence-electron chi connectivity index (χ4n) is 1.87. The fraction of sp³-hybridized carbons (Fsp3) is 0.462. The molecule has 0 spiro atoms. The molecule has 102 valence electrons. The van der Waals surface area contributed by atoms with Crippen molar-refractivity contribution < 1.29 is 9.50 Å². The highest BCUT2D eigenvalue weighted by Gasteiger charge is 2.24. The Morgan fingerprint density at radius 1 is 1.32 bits per heavy atom. The Labute approximate surface area is 111 Å². The zero-order valence-electron chi connectivity index (χ0n) is 11.2. The first kappa shape index (κ1) is 13.6. The molecule has 0 radical (unpaired) electrons. The molecular formula is C13H17FN4O. The summed E-state index contributed by atoms with van der Waals surface area (Å²) in [7, 11) is 0. The average molecular weight is 264 g/mol. The van der Waals surface area contributed by atoms with Crippen molar-refractivity contribution >= 4 is 0 Å². The molecule has 1 aromatic heterocycles. The molecule has 1 aromatic carbocycles. The van der Waals surface area contributed by atoms with Gasteiger partial charge in [0.1, 0.15) is 11.9 Å². The SMILES string of the molecule is CC(C)(C)c1nnnn1CC(O)c1ccccc1F. The van der Waals surface area contributed by atoms with Gasteiger partial charge in [0.15, 0.2) is 5.82 Å². The minimum Gasteiger partial charge on any atom is -0.386 e. The van der Waals surface area contributed by atoms with Crippen LogP contribution in [0.25, 0.3) is 0 Å². The van der Waals surface area contributed by atoms with Crippen LogP contribution in [0, 0.1) is 5.82 Å². The van der Waals surface area contributed by atoms with E-state index in [9.17, 15) is 9.50 Å². The molecule has 0 saturated carbocycles. The molecule has 0 saturated heterocycles. The lowest BCUT2D eigenvalue weighted by Crippen LogP contribution is -2.22. The molecule has 0 aliphatic heterocycles. The van der Waals surface area contributed by atoms with Crippen LogP contribution in [0.5, 0.6) is 0 Å². The van der Waals surface area contributed by atoms with E-state index >= 15 is 0 Å². The van der Waals surface area contributed by atoms with Crippen molar-refractivity contribution in [2.24, 2.45) is 0 Å². The summed E-state index contributed by atoms with van der Waals surface area (Å²) in [6, 6.07) is 6.15. The molecule has 1 atom stereocenters. The number of aliphatic hydroxyl groups is 1. The van der Waals surface area contributed by atoms with Gasteiger partial charge >= 0.3 is 0 Å². The van der Waals surface area contributed by atoms with Crippen LogP contribution in [0.3, 0.4) is 0 Å². The van der Waals surface area contributed by atoms with Gasteiger partial charge in [-0.15, -0.1) is 5.10 Å². The minimum absolute atomic E-state index is 0.126. The van der Waals surface area contributed by atoms with Crippen molar-refractivity contribution in [2.45, 2.75) is 38.8 Å². The quantitative estimate of drug-likeness (QED) is 0.918. The molecular weight excluding hydrogens is 247 g/mol. The second-order valence-corrected chi connectivity index (χ2v) is 5.47. The summed E-state index contributed by atoms with van der Waals surface area (Å²) in [6.07, 6.45) is -0.981. The molecule has 0 amide bonds. The summed E-state index contributed by atoms with van der Waals surface area (Å²) in [5.74, 6) is 0.225. The van der Waals surface area contributed by atoms with Gasteiger partial charge < -0.3 is 5.11 Å². The highest BCUT2D eigenvalue weighted by Crippen LogP contribution is 2.22. The van der Waals surface area contributed by atoms with E-state index in [1.807, 2.05) is 20.8 Å². The number of hydrogen-bond acceptors (Lipinski definition) is 4. The molecule has 1 heterocycles. The Hall–Kier alpha value is -1.82. The third-order valence-electron chi connectivity index (χ3n) is 2.81. The molecule has 1 N–H and O–H groups in total. The van der Waals surface area contributed by atoms with Gasteiger partial charge in [0.05, 0.1) is 6.54 Å². The second-order valence-electron chi connectivity index (χ2n) is 5.47. The standard InChI is InChI=1S/C13H17FN4O/c1-13(2,3)12-15-16-17-18(12)8-11(19)9-6-4-5-7-10(9)14/h4-7,11,19H,8H2,1-3H3. The van der Waals surface area contributed by atoms with E-state index in [2.05, 4.69) is 15.5 Å². The van der Waals surface area contributed by atoms with Crippen molar-refractivity contribution in [1.29, 1.82) is 0 Å². The first-order valence-electron chi connectivity index (χ1n) is 6.08. The van der Waals surface area contributed by atoms with Gasteiger partial charge in [0, 0.05) is 11.0 Å². The number of nitrogens with zero attached hydrogens (tertiary/aromatic N) is 4. The molecule has 5 nitrogen and oxygen atoms in total. The number of hydrogen-bond donors (Lipinski definition) is 1. The summed E-state index contributed by atoms with van der Waals surface area (Å²) >= 11 is 0. The van der Waals surface area contributed by atoms with Crippen molar-refractivity contribution in [3.63, 3.8) is 0 Å². The van der Waals surface area contributed by atoms with Crippen LogP contribution >= 0.6 is 0 Å². The third-order valence-corrected chi connectivity index (χ3v) is 2.81. The largest absolute Gasteiger partial charge is 0.386 e. The molecule has 0 aliphatic carbocycles. The summed E-state index contributed by atoms with van der Waals surface area (Å²) in [5.41, 5.74) is 0.0104. The van der Waals surface area contributed by atoms with Crippen LogP contribution in [0.4, 0.5) is 4.39 Å². The lowest BCUT2D eigenvalue weighted by molar-refractivity contribution is 0.143. The number of halogens is 1. The smallest absolute Gasteiger partial charge is 0.156 e. The van der Waals surface area contributed by atoms with Crippen LogP contribution < -0.4 is 0 Å². The van der Waals surface area contributed by atoms with Gasteiger partial charge in [-0.1, -0.05) is 39.0 Å². The van der Waals surface area contributed by atoms with E-state index in [0.717, 1.165) is 0 Å². The zero-order chi connectivity index (χ0) is 14.0. The van der Waals surface area contributed by atoms with Crippen molar-refractivity contribution in [3.8, 4) is 0 Å². The molecule has 0 bridgehead atoms. The summed E-state index contributed by atoms with van der Waals surface area (Å²) in [5, 5.41) is 21.5. The Morgan fingerprint density at radius 2 is 2.00 bits per heavy atom. The predicted octanol–water partition coefficient (Wildman–Crippen LogP) is 1.84. The normalized spacial score (nSPS) is 13.5. The first-order valence-corrected chi connectivity index (χ1v) is 6.08. The number of tetrazole rings is 1. The highest BCUT2D eigenvalue weighted by atomic mass is 19.1. The maximum atomic E-state index is 13.6. The van der Waals surface area contributed by atoms with Gasteiger partial charge in [-0.25, -0.2) is 9.07 Å².